The number of ether oxygens (including phenoxy) is 1. The van der Waals surface area contributed by atoms with E-state index in [-0.39, 0.29) is 6.04 Å². The molecule has 20 heavy (non-hydrogen) atoms. The summed E-state index contributed by atoms with van der Waals surface area (Å²) in [7, 11) is 0. The number of benzene rings is 2. The van der Waals surface area contributed by atoms with Crippen molar-refractivity contribution in [3.8, 4) is 0 Å². The van der Waals surface area contributed by atoms with Crippen molar-refractivity contribution in [1.82, 2.24) is 0 Å². The highest BCUT2D eigenvalue weighted by Gasteiger charge is 2.16. The topological polar surface area (TPSA) is 35.2 Å². The zero-order chi connectivity index (χ0) is 13.8. The van der Waals surface area contributed by atoms with E-state index in [0.717, 1.165) is 25.9 Å². The van der Waals surface area contributed by atoms with Crippen LogP contribution in [-0.4, -0.2) is 12.7 Å². The molecular weight excluding hydrogens is 246 g/mol. The van der Waals surface area contributed by atoms with Gasteiger partial charge in [-0.3, -0.25) is 0 Å². The van der Waals surface area contributed by atoms with E-state index in [9.17, 15) is 0 Å². The first-order valence-corrected chi connectivity index (χ1v) is 7.69. The molecule has 3 rings (SSSR count). The first-order chi connectivity index (χ1) is 9.84. The Balaban J connectivity index is 1.64. The third-order valence-corrected chi connectivity index (χ3v) is 4.29. The molecule has 1 aliphatic rings. The SMILES string of the molecule is NC(CCCC1CCCO1)c1cccc2ccccc12. The molecule has 2 nitrogen and oxygen atoms in total. The molecular formula is C18H23NO. The monoisotopic (exact) mass is 269 g/mol. The summed E-state index contributed by atoms with van der Waals surface area (Å²) in [5, 5.41) is 2.57. The molecule has 1 fully saturated rings. The summed E-state index contributed by atoms with van der Waals surface area (Å²) in [5.41, 5.74) is 7.68. The summed E-state index contributed by atoms with van der Waals surface area (Å²) in [5.74, 6) is 0. The highest BCUT2D eigenvalue weighted by atomic mass is 16.5. The molecule has 0 spiro atoms. The standard InChI is InChI=1S/C18H23NO/c19-18(12-4-8-15-9-5-13-20-15)17-11-3-7-14-6-1-2-10-16(14)17/h1-3,6-7,10-11,15,18H,4-5,8-9,12-13,19H2. The smallest absolute Gasteiger partial charge is 0.0576 e. The van der Waals surface area contributed by atoms with E-state index in [1.165, 1.54) is 29.2 Å². The van der Waals surface area contributed by atoms with E-state index in [1.807, 2.05) is 0 Å². The van der Waals surface area contributed by atoms with Gasteiger partial charge in [-0.1, -0.05) is 42.5 Å². The first-order valence-electron chi connectivity index (χ1n) is 7.69. The Hall–Kier alpha value is -1.38. The molecule has 2 atom stereocenters. The van der Waals surface area contributed by atoms with Crippen molar-refractivity contribution in [2.45, 2.75) is 44.2 Å². The third kappa shape index (κ3) is 3.02. The molecule has 2 aromatic rings. The van der Waals surface area contributed by atoms with Gasteiger partial charge in [0.25, 0.3) is 0 Å². The molecule has 0 amide bonds. The van der Waals surface area contributed by atoms with E-state index in [1.54, 1.807) is 0 Å². The molecule has 0 saturated carbocycles. The van der Waals surface area contributed by atoms with Crippen LogP contribution in [0.25, 0.3) is 10.8 Å². The van der Waals surface area contributed by atoms with Crippen LogP contribution < -0.4 is 5.73 Å². The highest BCUT2D eigenvalue weighted by Crippen LogP contribution is 2.27. The van der Waals surface area contributed by atoms with Gasteiger partial charge >= 0.3 is 0 Å². The van der Waals surface area contributed by atoms with Gasteiger partial charge in [0.05, 0.1) is 6.10 Å². The minimum Gasteiger partial charge on any atom is -0.378 e. The van der Waals surface area contributed by atoms with Crippen LogP contribution in [0.3, 0.4) is 0 Å². The van der Waals surface area contributed by atoms with Crippen molar-refractivity contribution in [3.05, 3.63) is 48.0 Å². The molecule has 0 aromatic heterocycles. The van der Waals surface area contributed by atoms with E-state index in [4.69, 9.17) is 10.5 Å². The lowest BCUT2D eigenvalue weighted by atomic mass is 9.95. The van der Waals surface area contributed by atoms with Crippen molar-refractivity contribution in [2.75, 3.05) is 6.61 Å². The van der Waals surface area contributed by atoms with E-state index in [2.05, 4.69) is 42.5 Å². The second-order valence-electron chi connectivity index (χ2n) is 5.74. The van der Waals surface area contributed by atoms with Gasteiger partial charge in [0.15, 0.2) is 0 Å². The maximum atomic E-state index is 6.41. The molecule has 2 aromatic carbocycles. The van der Waals surface area contributed by atoms with Crippen LogP contribution in [0.5, 0.6) is 0 Å². The van der Waals surface area contributed by atoms with Gasteiger partial charge in [0, 0.05) is 12.6 Å². The predicted octanol–water partition coefficient (Wildman–Crippen LogP) is 4.19. The molecule has 0 bridgehead atoms. The van der Waals surface area contributed by atoms with E-state index < -0.39 is 0 Å². The van der Waals surface area contributed by atoms with E-state index >= 15 is 0 Å². The largest absolute Gasteiger partial charge is 0.378 e. The molecule has 2 N–H and O–H groups in total. The molecule has 1 heterocycles. The van der Waals surface area contributed by atoms with Crippen molar-refractivity contribution in [1.29, 1.82) is 0 Å². The Kier molecular flexibility index (Phi) is 4.34. The first kappa shape index (κ1) is 13.6. The summed E-state index contributed by atoms with van der Waals surface area (Å²) in [6.07, 6.45) is 6.26. The molecule has 1 saturated heterocycles. The highest BCUT2D eigenvalue weighted by molar-refractivity contribution is 5.86. The van der Waals surface area contributed by atoms with Crippen molar-refractivity contribution < 1.29 is 4.74 Å². The molecule has 0 radical (unpaired) electrons. The number of hydrogen-bond acceptors (Lipinski definition) is 2. The maximum absolute atomic E-state index is 6.41. The predicted molar refractivity (Wildman–Crippen MR) is 83.7 cm³/mol. The quantitative estimate of drug-likeness (QED) is 0.883. The summed E-state index contributed by atoms with van der Waals surface area (Å²) < 4.78 is 5.67. The molecule has 1 aliphatic heterocycles. The van der Waals surface area contributed by atoms with Gasteiger partial charge in [-0.2, -0.15) is 0 Å². The van der Waals surface area contributed by atoms with Gasteiger partial charge in [0.2, 0.25) is 0 Å². The summed E-state index contributed by atoms with van der Waals surface area (Å²) in [4.78, 5) is 0. The van der Waals surface area contributed by atoms with E-state index in [0.29, 0.717) is 6.10 Å². The van der Waals surface area contributed by atoms with Crippen molar-refractivity contribution in [2.24, 2.45) is 5.73 Å². The zero-order valence-corrected chi connectivity index (χ0v) is 11.9. The van der Waals surface area contributed by atoms with Crippen LogP contribution in [0.4, 0.5) is 0 Å². The fourth-order valence-corrected chi connectivity index (χ4v) is 3.17. The Morgan fingerprint density at radius 1 is 1.15 bits per heavy atom. The Morgan fingerprint density at radius 3 is 2.85 bits per heavy atom. The number of rotatable bonds is 5. The van der Waals surface area contributed by atoms with Crippen LogP contribution in [0.1, 0.15) is 43.7 Å². The Bertz CT molecular complexity index is 555. The summed E-state index contributed by atoms with van der Waals surface area (Å²) in [6.45, 7) is 0.944. The summed E-state index contributed by atoms with van der Waals surface area (Å²) >= 11 is 0. The lowest BCUT2D eigenvalue weighted by molar-refractivity contribution is 0.101. The van der Waals surface area contributed by atoms with Gasteiger partial charge in [-0.25, -0.2) is 0 Å². The average molecular weight is 269 g/mol. The minimum atomic E-state index is 0.127. The maximum Gasteiger partial charge on any atom is 0.0576 e. The van der Waals surface area contributed by atoms with Crippen LogP contribution in [0, 0.1) is 0 Å². The average Bonchev–Trinajstić information content (AvgIpc) is 3.00. The van der Waals surface area contributed by atoms with Gasteiger partial charge in [-0.05, 0) is 48.4 Å². The number of fused-ring (bicyclic) bond motifs is 1. The lowest BCUT2D eigenvalue weighted by Gasteiger charge is -2.16. The normalized spacial score (nSPS) is 20.4. The Labute approximate surface area is 120 Å². The van der Waals surface area contributed by atoms with Gasteiger partial charge in [-0.15, -0.1) is 0 Å². The third-order valence-electron chi connectivity index (χ3n) is 4.29. The fraction of sp³-hybridized carbons (Fsp3) is 0.444. The molecule has 2 unspecified atom stereocenters. The molecule has 0 aliphatic carbocycles. The van der Waals surface area contributed by atoms with Gasteiger partial charge in [0.1, 0.15) is 0 Å². The van der Waals surface area contributed by atoms with Crippen molar-refractivity contribution in [3.63, 3.8) is 0 Å². The second-order valence-corrected chi connectivity index (χ2v) is 5.74. The zero-order valence-electron chi connectivity index (χ0n) is 11.9. The lowest BCUT2D eigenvalue weighted by Crippen LogP contribution is -2.12. The second kappa shape index (κ2) is 6.38. The Morgan fingerprint density at radius 2 is 2.00 bits per heavy atom. The van der Waals surface area contributed by atoms with Crippen LogP contribution in [-0.2, 0) is 4.74 Å². The van der Waals surface area contributed by atoms with Crippen molar-refractivity contribution >= 4 is 10.8 Å². The molecule has 2 heteroatoms. The van der Waals surface area contributed by atoms with Crippen LogP contribution >= 0.6 is 0 Å². The fourth-order valence-electron chi connectivity index (χ4n) is 3.17. The van der Waals surface area contributed by atoms with Crippen LogP contribution in [0.15, 0.2) is 42.5 Å². The minimum absolute atomic E-state index is 0.127. The number of hydrogen-bond donors (Lipinski definition) is 1. The number of nitrogens with two attached hydrogens (primary N) is 1. The van der Waals surface area contributed by atoms with Crippen LogP contribution in [0.2, 0.25) is 0 Å². The van der Waals surface area contributed by atoms with Gasteiger partial charge < -0.3 is 10.5 Å². The molecule has 106 valence electrons. The summed E-state index contributed by atoms with van der Waals surface area (Å²) in [6, 6.07) is 15.0.